The molecule has 0 unspecified atom stereocenters. The van der Waals surface area contributed by atoms with E-state index in [-0.39, 0.29) is 5.97 Å². The molecule has 0 fully saturated rings. The molecule has 0 amide bonds. The van der Waals surface area contributed by atoms with Gasteiger partial charge < -0.3 is 14.5 Å². The van der Waals surface area contributed by atoms with Gasteiger partial charge in [0.2, 0.25) is 0 Å². The highest BCUT2D eigenvalue weighted by Crippen LogP contribution is 2.35. The van der Waals surface area contributed by atoms with Crippen LogP contribution in [0.2, 0.25) is 10.0 Å². The van der Waals surface area contributed by atoms with E-state index in [0.29, 0.717) is 33.9 Å². The van der Waals surface area contributed by atoms with Gasteiger partial charge in [-0.05, 0) is 43.0 Å². The summed E-state index contributed by atoms with van der Waals surface area (Å²) in [4.78, 5) is 20.2. The van der Waals surface area contributed by atoms with Crippen LogP contribution in [0.1, 0.15) is 41.3 Å². The number of oxime groups is 1. The number of carbonyl (C=O) groups excluding carboxylic acids is 1. The van der Waals surface area contributed by atoms with E-state index in [1.165, 1.54) is 23.3 Å². The highest BCUT2D eigenvalue weighted by molar-refractivity contribution is 7.14. The fourth-order valence-electron chi connectivity index (χ4n) is 3.09. The largest absolute Gasteiger partial charge is 0.415 e. The average Bonchev–Trinajstić information content (AvgIpc) is 3.06. The van der Waals surface area contributed by atoms with E-state index >= 15 is 0 Å². The molecule has 0 N–H and O–H groups in total. The second-order valence-corrected chi connectivity index (χ2v) is 8.42. The molecule has 0 saturated carbocycles. The lowest BCUT2D eigenvalue weighted by Gasteiger charge is -2.30. The third kappa shape index (κ3) is 4.45. The van der Waals surface area contributed by atoms with Crippen LogP contribution in [0.3, 0.4) is 0 Å². The van der Waals surface area contributed by atoms with Gasteiger partial charge in [-0.25, -0.2) is 0 Å². The maximum atomic E-state index is 11.8. The zero-order valence-electron chi connectivity index (χ0n) is 16.1. The van der Waals surface area contributed by atoms with E-state index in [0.717, 1.165) is 36.1 Å². The van der Waals surface area contributed by atoms with Crippen molar-refractivity contribution in [3.8, 4) is 5.06 Å². The highest BCUT2D eigenvalue weighted by atomic mass is 35.5. The monoisotopic (exact) mass is 440 g/mol. The van der Waals surface area contributed by atoms with Crippen LogP contribution < -0.4 is 4.74 Å². The van der Waals surface area contributed by atoms with Crippen molar-refractivity contribution in [2.75, 3.05) is 13.7 Å². The van der Waals surface area contributed by atoms with Gasteiger partial charge in [0.05, 0.1) is 10.0 Å². The fourth-order valence-corrected chi connectivity index (χ4v) is 4.57. The molecule has 28 heavy (non-hydrogen) atoms. The van der Waals surface area contributed by atoms with Gasteiger partial charge in [-0.3, -0.25) is 4.79 Å². The molecule has 2 heterocycles. The number of fused-ring (bicyclic) bond motifs is 1. The van der Waals surface area contributed by atoms with Crippen LogP contribution in [0.4, 0.5) is 0 Å². The lowest BCUT2D eigenvalue weighted by Crippen LogP contribution is -2.36. The summed E-state index contributed by atoms with van der Waals surface area (Å²) in [7, 11) is 1.51. The number of amidine groups is 1. The fraction of sp³-hybridized carbons (Fsp3) is 0.400. The summed E-state index contributed by atoms with van der Waals surface area (Å²) in [6.07, 6.45) is 2.02. The number of halogens is 2. The zero-order chi connectivity index (χ0) is 20.3. The third-order valence-corrected chi connectivity index (χ3v) is 6.60. The van der Waals surface area contributed by atoms with Gasteiger partial charge in [-0.2, -0.15) is 0 Å². The van der Waals surface area contributed by atoms with Gasteiger partial charge in [0.25, 0.3) is 0 Å². The predicted octanol–water partition coefficient (Wildman–Crippen LogP) is 5.44. The van der Waals surface area contributed by atoms with E-state index in [4.69, 9.17) is 32.8 Å². The molecule has 1 aromatic heterocycles. The normalized spacial score (nSPS) is 14.0. The first-order valence-electron chi connectivity index (χ1n) is 9.07. The first-order valence-corrected chi connectivity index (χ1v) is 10.6. The van der Waals surface area contributed by atoms with E-state index in [1.54, 1.807) is 0 Å². The number of hydrogen-bond donors (Lipinski definition) is 0. The van der Waals surface area contributed by atoms with Gasteiger partial charge in [0.1, 0.15) is 7.11 Å². The van der Waals surface area contributed by atoms with E-state index < -0.39 is 0 Å². The minimum absolute atomic E-state index is 0.194. The first-order chi connectivity index (χ1) is 13.4. The van der Waals surface area contributed by atoms with Crippen LogP contribution in [0.5, 0.6) is 5.06 Å². The van der Waals surface area contributed by atoms with E-state index in [1.807, 2.05) is 32.0 Å². The number of ether oxygens (including phenoxy) is 1. The topological polar surface area (TPSA) is 51.1 Å². The second kappa shape index (κ2) is 9.16. The van der Waals surface area contributed by atoms with Crippen LogP contribution in [-0.2, 0) is 22.6 Å². The van der Waals surface area contributed by atoms with Gasteiger partial charge in [-0.1, -0.05) is 41.3 Å². The van der Waals surface area contributed by atoms with Crippen molar-refractivity contribution in [2.24, 2.45) is 5.16 Å². The number of esters is 1. The number of thiophene rings is 1. The summed E-state index contributed by atoms with van der Waals surface area (Å²) >= 11 is 14.4. The number of benzene rings is 1. The molecule has 1 aliphatic heterocycles. The molecule has 5 nitrogen and oxygen atoms in total. The van der Waals surface area contributed by atoms with Crippen molar-refractivity contribution in [3.05, 3.63) is 49.8 Å². The average molecular weight is 441 g/mol. The summed E-state index contributed by atoms with van der Waals surface area (Å²) in [6.45, 7) is 5.24. The molecular weight excluding hydrogens is 419 g/mol. The molecule has 8 heteroatoms. The Kier molecular flexibility index (Phi) is 6.86. The predicted molar refractivity (Wildman–Crippen MR) is 114 cm³/mol. The molecule has 0 aliphatic carbocycles. The van der Waals surface area contributed by atoms with Crippen molar-refractivity contribution >= 4 is 46.3 Å². The van der Waals surface area contributed by atoms with Crippen LogP contribution in [0.15, 0.2) is 23.4 Å². The molecule has 0 saturated heterocycles. The first kappa shape index (κ1) is 21.0. The van der Waals surface area contributed by atoms with Gasteiger partial charge >= 0.3 is 5.97 Å². The van der Waals surface area contributed by atoms with Gasteiger partial charge in [0, 0.05) is 30.0 Å². The maximum Gasteiger partial charge on any atom is 0.311 e. The Bertz CT molecular complexity index is 911. The lowest BCUT2D eigenvalue weighted by atomic mass is 10.1. The number of aryl methyl sites for hydroxylation is 1. The molecule has 0 radical (unpaired) electrons. The van der Waals surface area contributed by atoms with Gasteiger partial charge in [-0.15, -0.1) is 11.3 Å². The van der Waals surface area contributed by atoms with E-state index in [2.05, 4.69) is 10.1 Å². The summed E-state index contributed by atoms with van der Waals surface area (Å²) < 4.78 is 5.45. The summed E-state index contributed by atoms with van der Waals surface area (Å²) in [6, 6.07) is 5.76. The Labute approximate surface area is 178 Å². The molecule has 1 aliphatic rings. The van der Waals surface area contributed by atoms with Crippen molar-refractivity contribution in [2.45, 2.75) is 39.7 Å². The standard InChI is InChI=1S/C20H22Cl2N2O3S/c1-4-5-16(25)27-17-10-13-11-24(9-8-15(13)28-17)20(23-26-3)14-7-6-12(2)18(21)19(14)22/h6-7,10H,4-5,8-9,11H2,1-3H3/b23-20-. The molecule has 0 spiro atoms. The zero-order valence-corrected chi connectivity index (χ0v) is 18.4. The Morgan fingerprint density at radius 1 is 1.32 bits per heavy atom. The number of carbonyl (C=O) groups is 1. The van der Waals surface area contributed by atoms with Crippen LogP contribution >= 0.6 is 34.5 Å². The van der Waals surface area contributed by atoms with Crippen molar-refractivity contribution < 1.29 is 14.4 Å². The molecule has 2 aromatic rings. The van der Waals surface area contributed by atoms with Crippen molar-refractivity contribution in [1.29, 1.82) is 0 Å². The van der Waals surface area contributed by atoms with Crippen LogP contribution in [0.25, 0.3) is 0 Å². The van der Waals surface area contributed by atoms with Crippen molar-refractivity contribution in [1.82, 2.24) is 4.90 Å². The highest BCUT2D eigenvalue weighted by Gasteiger charge is 2.26. The Morgan fingerprint density at radius 3 is 2.82 bits per heavy atom. The molecule has 0 atom stereocenters. The summed E-state index contributed by atoms with van der Waals surface area (Å²) in [5.74, 6) is 0.441. The third-order valence-electron chi connectivity index (χ3n) is 4.51. The van der Waals surface area contributed by atoms with Crippen LogP contribution in [0, 0.1) is 6.92 Å². The minimum Gasteiger partial charge on any atom is -0.415 e. The molecule has 1 aromatic carbocycles. The minimum atomic E-state index is -0.194. The smallest absolute Gasteiger partial charge is 0.311 e. The van der Waals surface area contributed by atoms with Crippen LogP contribution in [-0.4, -0.2) is 30.4 Å². The molecular formula is C20H22Cl2N2O3S. The lowest BCUT2D eigenvalue weighted by molar-refractivity contribution is -0.134. The maximum absolute atomic E-state index is 11.8. The van der Waals surface area contributed by atoms with Crippen molar-refractivity contribution in [3.63, 3.8) is 0 Å². The molecule has 0 bridgehead atoms. The Hall–Kier alpha value is -1.76. The Balaban J connectivity index is 1.85. The second-order valence-electron chi connectivity index (χ2n) is 6.56. The SMILES string of the molecule is CCCC(=O)Oc1cc2c(s1)CCN(/C(=N\OC)c1ccc(C)c(Cl)c1Cl)C2. The van der Waals surface area contributed by atoms with E-state index in [9.17, 15) is 4.79 Å². The van der Waals surface area contributed by atoms with Gasteiger partial charge in [0.15, 0.2) is 10.9 Å². The quantitative estimate of drug-likeness (QED) is 0.269. The summed E-state index contributed by atoms with van der Waals surface area (Å²) in [5, 5.41) is 5.84. The molecule has 150 valence electrons. The number of hydrogen-bond acceptors (Lipinski definition) is 5. The summed E-state index contributed by atoms with van der Waals surface area (Å²) in [5.41, 5.74) is 2.76. The Morgan fingerprint density at radius 2 is 2.11 bits per heavy atom. The number of rotatable bonds is 5. The molecule has 3 rings (SSSR count). The number of nitrogens with zero attached hydrogens (tertiary/aromatic N) is 2.